The number of hydrogen-bond acceptors (Lipinski definition) is 5. The van der Waals surface area contributed by atoms with Crippen molar-refractivity contribution in [3.05, 3.63) is 24.3 Å². The van der Waals surface area contributed by atoms with E-state index in [1.54, 1.807) is 0 Å². The molecule has 0 saturated carbocycles. The topological polar surface area (TPSA) is 133 Å². The molecule has 0 fully saturated rings. The van der Waals surface area contributed by atoms with Crippen LogP contribution in [0.3, 0.4) is 0 Å². The van der Waals surface area contributed by atoms with Gasteiger partial charge in [-0.25, -0.2) is 0 Å². The number of nitrogens with one attached hydrogen (secondary N) is 2. The van der Waals surface area contributed by atoms with Crippen molar-refractivity contribution in [3.63, 3.8) is 0 Å². The SMILES string of the molecule is CN[C@@H](CCC(=O)Nc1cccc(S(=O)(=O)O)c1)C(=O)O. The summed E-state index contributed by atoms with van der Waals surface area (Å²) in [5.41, 5.74) is 0.200. The predicted molar refractivity (Wildman–Crippen MR) is 74.6 cm³/mol. The van der Waals surface area contributed by atoms with Gasteiger partial charge in [-0.05, 0) is 31.7 Å². The first kappa shape index (κ1) is 17.1. The highest BCUT2D eigenvalue weighted by molar-refractivity contribution is 7.85. The zero-order chi connectivity index (χ0) is 16.0. The number of carbonyl (C=O) groups is 2. The summed E-state index contributed by atoms with van der Waals surface area (Å²) in [7, 11) is -2.86. The Labute approximate surface area is 121 Å². The molecule has 0 bridgehead atoms. The summed E-state index contributed by atoms with van der Waals surface area (Å²) in [6.07, 6.45) is 0.0452. The molecule has 1 rings (SSSR count). The van der Waals surface area contributed by atoms with E-state index in [-0.39, 0.29) is 23.4 Å². The van der Waals surface area contributed by atoms with Crippen molar-refractivity contribution in [2.45, 2.75) is 23.8 Å². The van der Waals surface area contributed by atoms with Crippen molar-refractivity contribution < 1.29 is 27.7 Å². The zero-order valence-corrected chi connectivity index (χ0v) is 12.1. The average molecular weight is 316 g/mol. The van der Waals surface area contributed by atoms with Crippen LogP contribution in [0.4, 0.5) is 5.69 Å². The summed E-state index contributed by atoms with van der Waals surface area (Å²) in [5.74, 6) is -1.51. The van der Waals surface area contributed by atoms with Gasteiger partial charge in [-0.1, -0.05) is 6.07 Å². The number of likely N-dealkylation sites (N-methyl/N-ethyl adjacent to an activating group) is 1. The Balaban J connectivity index is 2.65. The van der Waals surface area contributed by atoms with E-state index >= 15 is 0 Å². The lowest BCUT2D eigenvalue weighted by Gasteiger charge is -2.11. The number of hydrogen-bond donors (Lipinski definition) is 4. The molecule has 0 heterocycles. The lowest BCUT2D eigenvalue weighted by atomic mass is 10.1. The Kier molecular flexibility index (Phi) is 5.82. The second kappa shape index (κ2) is 7.16. The maximum absolute atomic E-state index is 11.7. The molecule has 1 aromatic rings. The van der Waals surface area contributed by atoms with Crippen LogP contribution in [0, 0.1) is 0 Å². The minimum Gasteiger partial charge on any atom is -0.480 e. The van der Waals surface area contributed by atoms with E-state index in [2.05, 4.69) is 10.6 Å². The molecule has 0 saturated heterocycles. The van der Waals surface area contributed by atoms with Crippen LogP contribution in [-0.2, 0) is 19.7 Å². The van der Waals surface area contributed by atoms with Gasteiger partial charge in [0.2, 0.25) is 5.91 Å². The molecule has 0 unspecified atom stereocenters. The molecule has 0 aliphatic heterocycles. The van der Waals surface area contributed by atoms with Gasteiger partial charge in [-0.2, -0.15) is 8.42 Å². The largest absolute Gasteiger partial charge is 0.480 e. The summed E-state index contributed by atoms with van der Waals surface area (Å²) in [5, 5.41) is 13.8. The monoisotopic (exact) mass is 316 g/mol. The summed E-state index contributed by atoms with van der Waals surface area (Å²) >= 11 is 0. The van der Waals surface area contributed by atoms with Crippen LogP contribution in [0.15, 0.2) is 29.2 Å². The highest BCUT2D eigenvalue weighted by Gasteiger charge is 2.16. The van der Waals surface area contributed by atoms with E-state index in [9.17, 15) is 18.0 Å². The van der Waals surface area contributed by atoms with E-state index in [1.807, 2.05) is 0 Å². The minimum absolute atomic E-state index is 0.0477. The number of benzene rings is 1. The highest BCUT2D eigenvalue weighted by atomic mass is 32.2. The number of amides is 1. The Morgan fingerprint density at radius 2 is 2.00 bits per heavy atom. The Hall–Kier alpha value is -1.97. The molecule has 0 aliphatic rings. The third-order valence-corrected chi connectivity index (χ3v) is 3.57. The third-order valence-electron chi connectivity index (χ3n) is 2.72. The van der Waals surface area contributed by atoms with Crippen molar-refractivity contribution in [1.82, 2.24) is 5.32 Å². The van der Waals surface area contributed by atoms with Crippen LogP contribution in [-0.4, -0.2) is 43.0 Å². The van der Waals surface area contributed by atoms with E-state index in [0.29, 0.717) is 0 Å². The summed E-state index contributed by atoms with van der Waals surface area (Å²) < 4.78 is 30.8. The van der Waals surface area contributed by atoms with E-state index in [1.165, 1.54) is 25.2 Å². The predicted octanol–water partition coefficient (Wildman–Crippen LogP) is 0.325. The van der Waals surface area contributed by atoms with Crippen molar-refractivity contribution >= 4 is 27.7 Å². The minimum atomic E-state index is -4.34. The fraction of sp³-hybridized carbons (Fsp3) is 0.333. The fourth-order valence-electron chi connectivity index (χ4n) is 1.62. The molecule has 0 radical (unpaired) electrons. The smallest absolute Gasteiger partial charge is 0.320 e. The van der Waals surface area contributed by atoms with Crippen LogP contribution in [0.5, 0.6) is 0 Å². The van der Waals surface area contributed by atoms with Gasteiger partial charge in [-0.3, -0.25) is 14.1 Å². The van der Waals surface area contributed by atoms with Crippen molar-refractivity contribution in [1.29, 1.82) is 0 Å². The molecule has 1 aromatic carbocycles. The molecule has 21 heavy (non-hydrogen) atoms. The molecular formula is C12H16N2O6S. The standard InChI is InChI=1S/C12H16N2O6S/c1-13-10(12(16)17)5-6-11(15)14-8-3-2-4-9(7-8)21(18,19)20/h2-4,7,10,13H,5-6H2,1H3,(H,14,15)(H,16,17)(H,18,19,20)/t10-/m0/s1. The third kappa shape index (κ3) is 5.50. The van der Waals surface area contributed by atoms with Gasteiger partial charge in [0.15, 0.2) is 0 Å². The number of carbonyl (C=O) groups excluding carboxylic acids is 1. The Bertz CT molecular complexity index is 628. The Morgan fingerprint density at radius 1 is 1.33 bits per heavy atom. The summed E-state index contributed by atoms with van der Waals surface area (Å²) in [4.78, 5) is 22.1. The van der Waals surface area contributed by atoms with Gasteiger partial charge in [-0.15, -0.1) is 0 Å². The highest BCUT2D eigenvalue weighted by Crippen LogP contribution is 2.15. The Morgan fingerprint density at radius 3 is 2.52 bits per heavy atom. The fourth-order valence-corrected chi connectivity index (χ4v) is 2.15. The quantitative estimate of drug-likeness (QED) is 0.532. The molecule has 8 nitrogen and oxygen atoms in total. The first-order valence-electron chi connectivity index (χ1n) is 6.01. The van der Waals surface area contributed by atoms with Crippen molar-refractivity contribution in [2.24, 2.45) is 0 Å². The van der Waals surface area contributed by atoms with Gasteiger partial charge in [0, 0.05) is 12.1 Å². The first-order chi connectivity index (χ1) is 9.74. The number of anilines is 1. The molecular weight excluding hydrogens is 300 g/mol. The first-order valence-corrected chi connectivity index (χ1v) is 7.45. The van der Waals surface area contributed by atoms with Gasteiger partial charge in [0.25, 0.3) is 10.1 Å². The molecule has 1 atom stereocenters. The number of rotatable bonds is 7. The second-order valence-electron chi connectivity index (χ2n) is 4.27. The van der Waals surface area contributed by atoms with Gasteiger partial charge in [0.05, 0.1) is 4.90 Å². The second-order valence-corrected chi connectivity index (χ2v) is 5.69. The van der Waals surface area contributed by atoms with Crippen LogP contribution >= 0.6 is 0 Å². The van der Waals surface area contributed by atoms with Crippen molar-refractivity contribution in [3.8, 4) is 0 Å². The van der Waals surface area contributed by atoms with Crippen molar-refractivity contribution in [2.75, 3.05) is 12.4 Å². The van der Waals surface area contributed by atoms with Crippen LogP contribution in [0.25, 0.3) is 0 Å². The molecule has 116 valence electrons. The molecule has 0 aliphatic carbocycles. The summed E-state index contributed by atoms with van der Waals surface area (Å²) in [6.45, 7) is 0. The van der Waals surface area contributed by atoms with Gasteiger partial charge in [0.1, 0.15) is 6.04 Å². The van der Waals surface area contributed by atoms with Crippen LogP contribution in [0.2, 0.25) is 0 Å². The maximum Gasteiger partial charge on any atom is 0.320 e. The summed E-state index contributed by atoms with van der Waals surface area (Å²) in [6, 6.07) is 4.29. The lowest BCUT2D eigenvalue weighted by Crippen LogP contribution is -2.34. The molecule has 9 heteroatoms. The lowest BCUT2D eigenvalue weighted by molar-refractivity contribution is -0.139. The van der Waals surface area contributed by atoms with E-state index < -0.39 is 28.0 Å². The number of carboxylic acid groups (broad SMARTS) is 1. The molecule has 0 aromatic heterocycles. The van der Waals surface area contributed by atoms with Crippen LogP contribution in [0.1, 0.15) is 12.8 Å². The number of carboxylic acids is 1. The van der Waals surface area contributed by atoms with Crippen LogP contribution < -0.4 is 10.6 Å². The van der Waals surface area contributed by atoms with E-state index in [4.69, 9.17) is 9.66 Å². The average Bonchev–Trinajstić information content (AvgIpc) is 2.38. The maximum atomic E-state index is 11.7. The van der Waals surface area contributed by atoms with Gasteiger partial charge < -0.3 is 15.7 Å². The molecule has 4 N–H and O–H groups in total. The van der Waals surface area contributed by atoms with E-state index in [0.717, 1.165) is 6.07 Å². The van der Waals surface area contributed by atoms with Gasteiger partial charge >= 0.3 is 5.97 Å². The zero-order valence-electron chi connectivity index (χ0n) is 11.2. The molecule has 0 spiro atoms. The normalized spacial score (nSPS) is 12.7. The number of aliphatic carboxylic acids is 1. The molecule has 1 amide bonds.